The molecular formula is C15H18N2O2S. The highest BCUT2D eigenvalue weighted by Crippen LogP contribution is 2.34. The lowest BCUT2D eigenvalue weighted by atomic mass is 9.91. The van der Waals surface area contributed by atoms with E-state index in [1.165, 1.54) is 11.8 Å². The predicted octanol–water partition coefficient (Wildman–Crippen LogP) is 2.97. The Balaban J connectivity index is 2.44. The van der Waals surface area contributed by atoms with Crippen LogP contribution in [0.4, 0.5) is 5.69 Å². The maximum Gasteiger partial charge on any atom is 0.326 e. The number of thioether (sulfide) groups is 1. The number of rotatable bonds is 3. The number of aliphatic carboxylic acids is 1. The first kappa shape index (κ1) is 14.7. The number of piperidine rings is 1. The number of nitriles is 1. The van der Waals surface area contributed by atoms with E-state index in [1.54, 1.807) is 0 Å². The average Bonchev–Trinajstić information content (AvgIpc) is 2.46. The fourth-order valence-electron chi connectivity index (χ4n) is 2.71. The minimum Gasteiger partial charge on any atom is -0.480 e. The first-order valence-corrected chi connectivity index (χ1v) is 7.87. The largest absolute Gasteiger partial charge is 0.480 e. The van der Waals surface area contributed by atoms with Crippen molar-refractivity contribution < 1.29 is 9.90 Å². The molecule has 0 saturated carbocycles. The molecule has 20 heavy (non-hydrogen) atoms. The molecule has 1 aromatic carbocycles. The van der Waals surface area contributed by atoms with Gasteiger partial charge < -0.3 is 10.0 Å². The molecular weight excluding hydrogens is 272 g/mol. The number of carboxylic acids is 1. The number of hydrogen-bond donors (Lipinski definition) is 1. The first-order chi connectivity index (χ1) is 9.58. The number of carbonyl (C=O) groups is 1. The zero-order valence-electron chi connectivity index (χ0n) is 11.7. The normalized spacial score (nSPS) is 22.4. The first-order valence-electron chi connectivity index (χ1n) is 6.65. The Morgan fingerprint density at radius 1 is 1.55 bits per heavy atom. The molecule has 0 radical (unpaired) electrons. The third kappa shape index (κ3) is 2.75. The van der Waals surface area contributed by atoms with Gasteiger partial charge in [0.1, 0.15) is 12.1 Å². The Morgan fingerprint density at radius 2 is 2.30 bits per heavy atom. The number of carboxylic acid groups (broad SMARTS) is 1. The molecule has 0 aliphatic carbocycles. The van der Waals surface area contributed by atoms with Gasteiger partial charge in [0.25, 0.3) is 0 Å². The Kier molecular flexibility index (Phi) is 4.56. The standard InChI is InChI=1S/C15H18N2O2S/c1-10-6-7-17(13(8-10)15(18)19)12-4-3-5-14(20-2)11(12)9-16/h3-5,10,13H,6-8H2,1-2H3,(H,18,19). The summed E-state index contributed by atoms with van der Waals surface area (Å²) >= 11 is 1.51. The van der Waals surface area contributed by atoms with Crippen LogP contribution in [0.15, 0.2) is 23.1 Å². The van der Waals surface area contributed by atoms with Crippen LogP contribution < -0.4 is 4.90 Å². The summed E-state index contributed by atoms with van der Waals surface area (Å²) in [6, 6.07) is 7.33. The third-order valence-corrected chi connectivity index (χ3v) is 4.58. The van der Waals surface area contributed by atoms with Crippen molar-refractivity contribution in [1.82, 2.24) is 0 Å². The fraction of sp³-hybridized carbons (Fsp3) is 0.467. The van der Waals surface area contributed by atoms with Gasteiger partial charge in [0.05, 0.1) is 11.3 Å². The number of benzene rings is 1. The SMILES string of the molecule is CSc1cccc(N2CCC(C)CC2C(=O)O)c1C#N. The highest BCUT2D eigenvalue weighted by molar-refractivity contribution is 7.98. The molecule has 0 aromatic heterocycles. The molecule has 2 rings (SSSR count). The van der Waals surface area contributed by atoms with Crippen LogP contribution in [-0.2, 0) is 4.79 Å². The van der Waals surface area contributed by atoms with Gasteiger partial charge in [0, 0.05) is 11.4 Å². The maximum atomic E-state index is 11.5. The van der Waals surface area contributed by atoms with Crippen molar-refractivity contribution in [3.8, 4) is 6.07 Å². The lowest BCUT2D eigenvalue weighted by Crippen LogP contribution is -2.47. The van der Waals surface area contributed by atoms with E-state index in [-0.39, 0.29) is 0 Å². The predicted molar refractivity (Wildman–Crippen MR) is 80.1 cm³/mol. The summed E-state index contributed by atoms with van der Waals surface area (Å²) in [6.45, 7) is 2.77. The van der Waals surface area contributed by atoms with E-state index in [4.69, 9.17) is 0 Å². The Bertz CT molecular complexity index is 553. The van der Waals surface area contributed by atoms with Gasteiger partial charge >= 0.3 is 5.97 Å². The van der Waals surface area contributed by atoms with E-state index in [0.29, 0.717) is 24.4 Å². The molecule has 1 aromatic rings. The molecule has 2 atom stereocenters. The molecule has 1 aliphatic heterocycles. The van der Waals surface area contributed by atoms with E-state index < -0.39 is 12.0 Å². The monoisotopic (exact) mass is 290 g/mol. The van der Waals surface area contributed by atoms with E-state index in [0.717, 1.165) is 17.0 Å². The number of nitrogens with zero attached hydrogens (tertiary/aromatic N) is 2. The summed E-state index contributed by atoms with van der Waals surface area (Å²) in [5.41, 5.74) is 1.33. The van der Waals surface area contributed by atoms with Crippen molar-refractivity contribution in [3.63, 3.8) is 0 Å². The van der Waals surface area contributed by atoms with Gasteiger partial charge in [-0.2, -0.15) is 5.26 Å². The van der Waals surface area contributed by atoms with Gasteiger partial charge in [-0.3, -0.25) is 0 Å². The third-order valence-electron chi connectivity index (χ3n) is 3.80. The summed E-state index contributed by atoms with van der Waals surface area (Å²) in [7, 11) is 0. The average molecular weight is 290 g/mol. The minimum absolute atomic E-state index is 0.404. The molecule has 106 valence electrons. The van der Waals surface area contributed by atoms with Crippen LogP contribution >= 0.6 is 11.8 Å². The Labute approximate surface area is 123 Å². The zero-order chi connectivity index (χ0) is 14.7. The van der Waals surface area contributed by atoms with Crippen molar-refractivity contribution in [2.75, 3.05) is 17.7 Å². The van der Waals surface area contributed by atoms with Crippen molar-refractivity contribution in [1.29, 1.82) is 5.26 Å². The van der Waals surface area contributed by atoms with Crippen molar-refractivity contribution >= 4 is 23.4 Å². The van der Waals surface area contributed by atoms with Gasteiger partial charge in [0.15, 0.2) is 0 Å². The summed E-state index contributed by atoms with van der Waals surface area (Å²) in [5.74, 6) is -0.406. The number of anilines is 1. The van der Waals surface area contributed by atoms with Crippen LogP contribution in [0, 0.1) is 17.2 Å². The summed E-state index contributed by atoms with van der Waals surface area (Å²) in [5, 5.41) is 18.8. The second-order valence-electron chi connectivity index (χ2n) is 5.14. The van der Waals surface area contributed by atoms with E-state index in [1.807, 2.05) is 29.4 Å². The van der Waals surface area contributed by atoms with Gasteiger partial charge in [-0.25, -0.2) is 4.79 Å². The van der Waals surface area contributed by atoms with Crippen molar-refractivity contribution in [2.45, 2.75) is 30.7 Å². The summed E-state index contributed by atoms with van der Waals surface area (Å²) in [4.78, 5) is 14.3. The van der Waals surface area contributed by atoms with Gasteiger partial charge in [0.2, 0.25) is 0 Å². The van der Waals surface area contributed by atoms with E-state index in [9.17, 15) is 15.2 Å². The summed E-state index contributed by atoms with van der Waals surface area (Å²) in [6.07, 6.45) is 3.51. The fourth-order valence-corrected chi connectivity index (χ4v) is 3.27. The Morgan fingerprint density at radius 3 is 2.90 bits per heavy atom. The lowest BCUT2D eigenvalue weighted by Gasteiger charge is -2.38. The van der Waals surface area contributed by atoms with Crippen LogP contribution in [0.5, 0.6) is 0 Å². The molecule has 1 aliphatic rings. The topological polar surface area (TPSA) is 64.3 Å². The van der Waals surface area contributed by atoms with Crippen molar-refractivity contribution in [3.05, 3.63) is 23.8 Å². The van der Waals surface area contributed by atoms with Crippen LogP contribution in [0.3, 0.4) is 0 Å². The molecule has 4 nitrogen and oxygen atoms in total. The molecule has 1 fully saturated rings. The van der Waals surface area contributed by atoms with E-state index >= 15 is 0 Å². The zero-order valence-corrected chi connectivity index (χ0v) is 12.5. The Hall–Kier alpha value is -1.67. The highest BCUT2D eigenvalue weighted by Gasteiger charge is 2.33. The second-order valence-corrected chi connectivity index (χ2v) is 5.99. The lowest BCUT2D eigenvalue weighted by molar-refractivity contribution is -0.139. The van der Waals surface area contributed by atoms with Gasteiger partial charge in [-0.15, -0.1) is 11.8 Å². The molecule has 1 N–H and O–H groups in total. The van der Waals surface area contributed by atoms with Gasteiger partial charge in [-0.1, -0.05) is 13.0 Å². The molecule has 0 bridgehead atoms. The van der Waals surface area contributed by atoms with Crippen LogP contribution in [0.1, 0.15) is 25.3 Å². The second kappa shape index (κ2) is 6.19. The van der Waals surface area contributed by atoms with Crippen molar-refractivity contribution in [2.24, 2.45) is 5.92 Å². The summed E-state index contributed by atoms with van der Waals surface area (Å²) < 4.78 is 0. The van der Waals surface area contributed by atoms with E-state index in [2.05, 4.69) is 13.0 Å². The molecule has 1 saturated heterocycles. The van der Waals surface area contributed by atoms with Crippen LogP contribution in [0.25, 0.3) is 0 Å². The van der Waals surface area contributed by atoms with Gasteiger partial charge in [-0.05, 0) is 37.1 Å². The smallest absolute Gasteiger partial charge is 0.326 e. The minimum atomic E-state index is -0.810. The van der Waals surface area contributed by atoms with Crippen LogP contribution in [-0.4, -0.2) is 29.9 Å². The maximum absolute atomic E-state index is 11.5. The molecule has 5 heteroatoms. The quantitative estimate of drug-likeness (QED) is 0.867. The molecule has 0 amide bonds. The number of hydrogen-bond acceptors (Lipinski definition) is 4. The molecule has 2 unspecified atom stereocenters. The molecule has 1 heterocycles. The highest BCUT2D eigenvalue weighted by atomic mass is 32.2. The van der Waals surface area contributed by atoms with Crippen LogP contribution in [0.2, 0.25) is 0 Å². The molecule has 0 spiro atoms.